The zero-order valence-corrected chi connectivity index (χ0v) is 9.86. The van der Waals surface area contributed by atoms with Crippen molar-refractivity contribution in [1.29, 1.82) is 0 Å². The van der Waals surface area contributed by atoms with Crippen molar-refractivity contribution in [2.24, 2.45) is 0 Å². The number of hydrogen-bond acceptors (Lipinski definition) is 4. The first-order valence-corrected chi connectivity index (χ1v) is 4.27. The van der Waals surface area contributed by atoms with Gasteiger partial charge in [0.25, 0.3) is 5.91 Å². The van der Waals surface area contributed by atoms with E-state index in [4.69, 9.17) is 0 Å². The Morgan fingerprint density at radius 1 is 1.33 bits per heavy atom. The molecule has 1 heterocycles. The molecule has 0 saturated carbocycles. The van der Waals surface area contributed by atoms with Gasteiger partial charge in [-0.3, -0.25) is 4.79 Å². The van der Waals surface area contributed by atoms with Gasteiger partial charge in [-0.1, -0.05) is 0 Å². The van der Waals surface area contributed by atoms with Crippen molar-refractivity contribution < 1.29 is 17.4 Å². The molecule has 0 spiro atoms. The van der Waals surface area contributed by atoms with E-state index in [1.807, 2.05) is 0 Å². The van der Waals surface area contributed by atoms with E-state index in [-0.39, 0.29) is 40.9 Å². The van der Waals surface area contributed by atoms with Crippen LogP contribution in [0.4, 0.5) is 0 Å². The monoisotopic (exact) mass is 200 g/mol. The average molecular weight is 200 g/mol. The summed E-state index contributed by atoms with van der Waals surface area (Å²) in [5, 5.41) is 0. The molecule has 63 valence electrons. The molecular weight excluding hydrogens is 193 g/mol. The standard InChI is InChI=1S/C5H7NO4S.Na/c1-3-4(2)10-11(8,9)6-5(3)7;/h1-2H3,(H,6,7);. The maximum Gasteiger partial charge on any atom is 0.409 e. The molecule has 0 unspecified atom stereocenters. The van der Waals surface area contributed by atoms with E-state index in [1.165, 1.54) is 13.8 Å². The predicted octanol–water partition coefficient (Wildman–Crippen LogP) is -0.709. The van der Waals surface area contributed by atoms with Gasteiger partial charge in [-0.05, 0) is 13.8 Å². The van der Waals surface area contributed by atoms with Crippen molar-refractivity contribution in [3.8, 4) is 0 Å². The number of nitrogens with one attached hydrogen (secondary N) is 1. The molecule has 1 rings (SSSR count). The molecule has 1 N–H and O–H groups in total. The summed E-state index contributed by atoms with van der Waals surface area (Å²) in [6.07, 6.45) is 0. The van der Waals surface area contributed by atoms with Crippen LogP contribution < -0.4 is 4.72 Å². The summed E-state index contributed by atoms with van der Waals surface area (Å²) >= 11 is 0. The molecule has 1 aliphatic rings. The fourth-order valence-electron chi connectivity index (χ4n) is 0.598. The Morgan fingerprint density at radius 3 is 2.25 bits per heavy atom. The van der Waals surface area contributed by atoms with Crippen molar-refractivity contribution in [2.45, 2.75) is 13.8 Å². The Hall–Kier alpha value is -0.0400. The molecule has 5 nitrogen and oxygen atoms in total. The molecule has 0 bridgehead atoms. The molecule has 0 saturated heterocycles. The van der Waals surface area contributed by atoms with Crippen molar-refractivity contribution in [1.82, 2.24) is 4.72 Å². The maximum atomic E-state index is 10.8. The second kappa shape index (κ2) is 3.78. The maximum absolute atomic E-state index is 10.8. The van der Waals surface area contributed by atoms with Crippen LogP contribution in [-0.2, 0) is 19.3 Å². The number of allylic oxidation sites excluding steroid dienone is 1. The van der Waals surface area contributed by atoms with E-state index in [0.29, 0.717) is 0 Å². The topological polar surface area (TPSA) is 72.5 Å². The summed E-state index contributed by atoms with van der Waals surface area (Å²) < 4.78 is 27.3. The van der Waals surface area contributed by atoms with Crippen LogP contribution in [0.5, 0.6) is 0 Å². The summed E-state index contributed by atoms with van der Waals surface area (Å²) in [5.41, 5.74) is 0.278. The van der Waals surface area contributed by atoms with Gasteiger partial charge >= 0.3 is 10.3 Å². The third-order valence-corrected chi connectivity index (χ3v) is 2.23. The minimum Gasteiger partial charge on any atom is -0.371 e. The van der Waals surface area contributed by atoms with Crippen LogP contribution >= 0.6 is 0 Å². The van der Waals surface area contributed by atoms with Crippen molar-refractivity contribution >= 4 is 45.8 Å². The quantitative estimate of drug-likeness (QED) is 0.524. The van der Waals surface area contributed by atoms with Crippen LogP contribution in [0.3, 0.4) is 0 Å². The van der Waals surface area contributed by atoms with E-state index >= 15 is 0 Å². The van der Waals surface area contributed by atoms with E-state index < -0.39 is 16.2 Å². The van der Waals surface area contributed by atoms with Crippen LogP contribution in [0.25, 0.3) is 0 Å². The fourth-order valence-corrected chi connectivity index (χ4v) is 1.47. The van der Waals surface area contributed by atoms with E-state index in [0.717, 1.165) is 0 Å². The molecule has 0 aromatic heterocycles. The number of carbonyl (C=O) groups is 1. The number of hydrogen-bond donors (Lipinski definition) is 1. The van der Waals surface area contributed by atoms with Gasteiger partial charge in [0.05, 0.1) is 5.57 Å². The number of rotatable bonds is 0. The average Bonchev–Trinajstić information content (AvgIpc) is 1.81. The van der Waals surface area contributed by atoms with Gasteiger partial charge in [-0.2, -0.15) is 8.42 Å². The summed E-state index contributed by atoms with van der Waals surface area (Å²) in [7, 11) is -3.87. The first-order chi connectivity index (χ1) is 4.92. The fraction of sp³-hybridized carbons (Fsp3) is 0.400. The second-order valence-electron chi connectivity index (χ2n) is 2.15. The third-order valence-electron chi connectivity index (χ3n) is 1.32. The first kappa shape index (κ1) is 12.0. The smallest absolute Gasteiger partial charge is 0.371 e. The van der Waals surface area contributed by atoms with Crippen LogP contribution in [-0.4, -0.2) is 43.9 Å². The SMILES string of the molecule is CC1=C(C)C(=O)NS(=O)(=O)O1.[Na]. The number of amides is 1. The second-order valence-corrected chi connectivity index (χ2v) is 3.43. The van der Waals surface area contributed by atoms with Gasteiger partial charge in [-0.15, -0.1) is 0 Å². The molecular formula is C5H7NNaO4S. The zero-order valence-electron chi connectivity index (χ0n) is 7.04. The largest absolute Gasteiger partial charge is 0.409 e. The molecule has 7 heteroatoms. The molecule has 0 aliphatic carbocycles. The zero-order chi connectivity index (χ0) is 8.65. The van der Waals surface area contributed by atoms with E-state index in [1.54, 1.807) is 4.72 Å². The van der Waals surface area contributed by atoms with E-state index in [2.05, 4.69) is 4.18 Å². The summed E-state index contributed by atoms with van der Waals surface area (Å²) in [6, 6.07) is 0. The van der Waals surface area contributed by atoms with Gasteiger partial charge in [0.1, 0.15) is 5.76 Å². The molecule has 1 aliphatic heterocycles. The summed E-state index contributed by atoms with van der Waals surface area (Å²) in [5.74, 6) is -0.512. The van der Waals surface area contributed by atoms with E-state index in [9.17, 15) is 13.2 Å². The van der Waals surface area contributed by atoms with Gasteiger partial charge in [0.15, 0.2) is 0 Å². The first-order valence-electron chi connectivity index (χ1n) is 2.86. The minimum absolute atomic E-state index is 0. The number of carbonyl (C=O) groups excluding carboxylic acids is 1. The van der Waals surface area contributed by atoms with Crippen LogP contribution in [0.1, 0.15) is 13.8 Å². The van der Waals surface area contributed by atoms with Crippen LogP contribution in [0.2, 0.25) is 0 Å². The van der Waals surface area contributed by atoms with Crippen molar-refractivity contribution in [2.75, 3.05) is 0 Å². The molecule has 0 fully saturated rings. The molecule has 12 heavy (non-hydrogen) atoms. The van der Waals surface area contributed by atoms with Crippen molar-refractivity contribution in [3.63, 3.8) is 0 Å². The Labute approximate surface area is 92.7 Å². The van der Waals surface area contributed by atoms with Crippen LogP contribution in [0, 0.1) is 0 Å². The van der Waals surface area contributed by atoms with Gasteiger partial charge in [-0.25, -0.2) is 4.72 Å². The molecule has 1 amide bonds. The summed E-state index contributed by atoms with van der Waals surface area (Å²) in [4.78, 5) is 10.8. The molecule has 0 aromatic carbocycles. The van der Waals surface area contributed by atoms with Gasteiger partial charge in [0.2, 0.25) is 0 Å². The summed E-state index contributed by atoms with van der Waals surface area (Å²) in [6.45, 7) is 2.91. The van der Waals surface area contributed by atoms with Gasteiger partial charge < -0.3 is 4.18 Å². The Morgan fingerprint density at radius 2 is 1.83 bits per heavy atom. The Balaban J connectivity index is 0.00000121. The molecule has 0 aromatic rings. The Kier molecular flexibility index (Phi) is 3.77. The van der Waals surface area contributed by atoms with Gasteiger partial charge in [0, 0.05) is 29.6 Å². The molecule has 1 radical (unpaired) electrons. The van der Waals surface area contributed by atoms with Crippen LogP contribution in [0.15, 0.2) is 11.3 Å². The predicted molar refractivity (Wildman–Crippen MR) is 42.3 cm³/mol. The minimum atomic E-state index is -3.87. The Bertz CT molecular complexity index is 331. The third kappa shape index (κ3) is 2.48. The molecule has 0 atom stereocenters. The van der Waals surface area contributed by atoms with Crippen molar-refractivity contribution in [3.05, 3.63) is 11.3 Å². The normalized spacial score (nSPS) is 20.7.